The van der Waals surface area contributed by atoms with Gasteiger partial charge in [0.15, 0.2) is 0 Å². The number of nitrogens with zero attached hydrogens (tertiary/aromatic N) is 2. The molecule has 9 heteroatoms. The van der Waals surface area contributed by atoms with Crippen LogP contribution in [0.2, 0.25) is 0 Å². The highest BCUT2D eigenvalue weighted by molar-refractivity contribution is 6.08. The fourth-order valence-electron chi connectivity index (χ4n) is 5.49. The highest BCUT2D eigenvalue weighted by Gasteiger charge is 2.23. The fraction of sp³-hybridized carbons (Fsp3) is 0.444. The molecule has 2 aromatic carbocycles. The van der Waals surface area contributed by atoms with Crippen LogP contribution in [-0.2, 0) is 18.9 Å². The average molecular weight is 620 g/mol. The van der Waals surface area contributed by atoms with Gasteiger partial charge >= 0.3 is 5.97 Å². The van der Waals surface area contributed by atoms with Crippen molar-refractivity contribution in [2.24, 2.45) is 0 Å². The van der Waals surface area contributed by atoms with Crippen LogP contribution in [0.3, 0.4) is 0 Å². The number of anilines is 1. The van der Waals surface area contributed by atoms with E-state index in [2.05, 4.69) is 73.6 Å². The van der Waals surface area contributed by atoms with Gasteiger partial charge in [-0.3, -0.25) is 0 Å². The van der Waals surface area contributed by atoms with Crippen molar-refractivity contribution in [1.29, 1.82) is 0 Å². The molecule has 4 rings (SSSR count). The van der Waals surface area contributed by atoms with Crippen molar-refractivity contribution in [2.45, 2.75) is 27.7 Å². The van der Waals surface area contributed by atoms with Crippen molar-refractivity contribution >= 4 is 22.6 Å². The maximum atomic E-state index is 13.4. The van der Waals surface area contributed by atoms with Crippen molar-refractivity contribution in [3.05, 3.63) is 71.6 Å². The van der Waals surface area contributed by atoms with Gasteiger partial charge in [-0.25, -0.2) is 9.37 Å². The van der Waals surface area contributed by atoms with Gasteiger partial charge in [-0.1, -0.05) is 18.2 Å². The summed E-state index contributed by atoms with van der Waals surface area (Å²) in [7, 11) is 0. The lowest BCUT2D eigenvalue weighted by atomic mass is 9.90. The predicted molar refractivity (Wildman–Crippen MR) is 178 cm³/mol. The maximum Gasteiger partial charge on any atom is 0.338 e. The zero-order valence-electron chi connectivity index (χ0n) is 27.0. The van der Waals surface area contributed by atoms with Crippen molar-refractivity contribution in [1.82, 2.24) is 4.58 Å². The van der Waals surface area contributed by atoms with Crippen LogP contribution in [0.15, 0.2) is 65.1 Å². The normalized spacial score (nSPS) is 11.3. The summed E-state index contributed by atoms with van der Waals surface area (Å²) in [5, 5.41) is 10.7. The third-order valence-corrected chi connectivity index (χ3v) is 7.80. The van der Waals surface area contributed by atoms with Gasteiger partial charge in [-0.2, -0.15) is 0 Å². The Morgan fingerprint density at radius 2 is 1.44 bits per heavy atom. The number of esters is 1. The fourth-order valence-corrected chi connectivity index (χ4v) is 5.49. The summed E-state index contributed by atoms with van der Waals surface area (Å²) in [5.41, 5.74) is 4.99. The van der Waals surface area contributed by atoms with E-state index in [-0.39, 0.29) is 19.8 Å². The Labute approximate surface area is 265 Å². The van der Waals surface area contributed by atoms with E-state index in [4.69, 9.17) is 28.5 Å². The van der Waals surface area contributed by atoms with E-state index in [0.29, 0.717) is 38.6 Å². The number of aliphatic hydroxyl groups is 1. The number of aliphatic hydroxyl groups excluding tert-OH is 1. The molecule has 0 amide bonds. The Kier molecular flexibility index (Phi) is 13.4. The molecule has 0 unspecified atom stereocenters. The first-order valence-electron chi connectivity index (χ1n) is 16.0. The van der Waals surface area contributed by atoms with Gasteiger partial charge in [0.2, 0.25) is 5.36 Å². The Bertz CT molecular complexity index is 1550. The van der Waals surface area contributed by atoms with Gasteiger partial charge < -0.3 is 33.4 Å². The molecule has 1 heterocycles. The lowest BCUT2D eigenvalue weighted by molar-refractivity contribution is -0.00312. The van der Waals surface area contributed by atoms with Crippen LogP contribution in [0.4, 0.5) is 5.69 Å². The monoisotopic (exact) mass is 619 g/mol. The summed E-state index contributed by atoms with van der Waals surface area (Å²) in [6.45, 7) is 14.5. The van der Waals surface area contributed by atoms with Crippen molar-refractivity contribution < 1.29 is 33.3 Å². The van der Waals surface area contributed by atoms with Crippen molar-refractivity contribution in [2.75, 3.05) is 83.9 Å². The summed E-state index contributed by atoms with van der Waals surface area (Å²) in [5.74, 6) is 0.352. The Balaban J connectivity index is 1.62. The second-order valence-electron chi connectivity index (χ2n) is 10.4. The maximum absolute atomic E-state index is 13.4. The third-order valence-electron chi connectivity index (χ3n) is 7.80. The number of hydrogen-bond acceptors (Lipinski definition) is 8. The number of carbonyl (C=O) groups excluding carboxylic acids is 1. The molecule has 2 aliphatic rings. The Morgan fingerprint density at radius 1 is 0.778 bits per heavy atom. The second kappa shape index (κ2) is 17.7. The van der Waals surface area contributed by atoms with Crippen molar-refractivity contribution in [3.8, 4) is 22.5 Å². The van der Waals surface area contributed by atoms with Gasteiger partial charge in [0.1, 0.15) is 31.0 Å². The van der Waals surface area contributed by atoms with Crippen molar-refractivity contribution in [3.63, 3.8) is 0 Å². The molecule has 2 aromatic rings. The molecule has 0 radical (unpaired) electrons. The predicted octanol–water partition coefficient (Wildman–Crippen LogP) is 5.06. The number of ether oxygens (including phenoxy) is 4. The Hall–Kier alpha value is -3.76. The van der Waals surface area contributed by atoms with Crippen LogP contribution in [0.5, 0.6) is 0 Å². The minimum absolute atomic E-state index is 0.00374. The number of hydrogen-bond donors (Lipinski definition) is 1. The minimum atomic E-state index is -0.409. The summed E-state index contributed by atoms with van der Waals surface area (Å²) >= 11 is 0. The van der Waals surface area contributed by atoms with E-state index >= 15 is 0 Å². The first-order chi connectivity index (χ1) is 22.1. The summed E-state index contributed by atoms with van der Waals surface area (Å²) in [4.78, 5) is 15.7. The Morgan fingerprint density at radius 3 is 2.11 bits per heavy atom. The second-order valence-corrected chi connectivity index (χ2v) is 10.4. The highest BCUT2D eigenvalue weighted by atomic mass is 16.6. The van der Waals surface area contributed by atoms with E-state index in [1.165, 1.54) is 0 Å². The number of benzene rings is 3. The quantitative estimate of drug-likeness (QED) is 0.0715. The van der Waals surface area contributed by atoms with Gasteiger partial charge in [-0.05, 0) is 57.5 Å². The molecule has 9 nitrogen and oxygen atoms in total. The smallest absolute Gasteiger partial charge is 0.338 e. The molecule has 0 bridgehead atoms. The number of rotatable bonds is 18. The van der Waals surface area contributed by atoms with E-state index in [0.717, 1.165) is 70.6 Å². The van der Waals surface area contributed by atoms with Crippen LogP contribution in [-0.4, -0.2) is 90.1 Å². The van der Waals surface area contributed by atoms with E-state index in [9.17, 15) is 4.79 Å². The molecule has 0 saturated carbocycles. The van der Waals surface area contributed by atoms with E-state index < -0.39 is 5.97 Å². The molecular weight excluding hydrogens is 572 g/mol. The zero-order chi connectivity index (χ0) is 32.0. The molecule has 1 aliphatic carbocycles. The van der Waals surface area contributed by atoms with Crippen LogP contribution < -0.4 is 14.8 Å². The zero-order valence-corrected chi connectivity index (χ0v) is 27.0. The lowest BCUT2D eigenvalue weighted by Gasteiger charge is -2.22. The number of carbonyl (C=O) groups is 1. The SMILES string of the molecule is CCN(CC)c1ccc2c(-c3ccccc3C(=O)OCCOCCOCCOCCO)c3ccc(=[N+](CC)CC)cc-3oc2c1. The highest BCUT2D eigenvalue weighted by Crippen LogP contribution is 2.42. The molecule has 0 fully saturated rings. The number of fused-ring (bicyclic) bond motifs is 2. The van der Waals surface area contributed by atoms with Crippen LogP contribution >= 0.6 is 0 Å². The standard InChI is InChI=1S/C36H47N2O7/c1-5-37(6-2)27-13-15-31-33(25-27)45-34-26-28(38(7-3)8-4)14-16-32(34)35(31)29-11-9-10-12-30(29)36(40)44-24-23-43-22-21-42-20-19-41-18-17-39/h9-16,25-26,39H,5-8,17-24H2,1-4H3/q+1. The summed E-state index contributed by atoms with van der Waals surface area (Å²) in [6.07, 6.45) is 0. The molecular formula is C36H47N2O7+. The molecule has 45 heavy (non-hydrogen) atoms. The molecule has 0 spiro atoms. The average Bonchev–Trinajstić information content (AvgIpc) is 3.07. The largest absolute Gasteiger partial charge is 0.460 e. The van der Waals surface area contributed by atoms with Gasteiger partial charge in [0.25, 0.3) is 0 Å². The van der Waals surface area contributed by atoms with Crippen LogP contribution in [0.1, 0.15) is 38.1 Å². The first kappa shape index (κ1) is 34.1. The summed E-state index contributed by atoms with van der Waals surface area (Å²) in [6, 6.07) is 20.2. The first-order valence-corrected chi connectivity index (χ1v) is 16.0. The third kappa shape index (κ3) is 8.70. The molecule has 0 atom stereocenters. The van der Waals surface area contributed by atoms with Gasteiger partial charge in [0.05, 0.1) is 57.9 Å². The molecule has 0 saturated heterocycles. The molecule has 1 N–H and O–H groups in total. The molecule has 0 aromatic heterocycles. The lowest BCUT2D eigenvalue weighted by Crippen LogP contribution is -2.29. The van der Waals surface area contributed by atoms with Gasteiger partial charge in [0, 0.05) is 47.4 Å². The van der Waals surface area contributed by atoms with Crippen LogP contribution in [0.25, 0.3) is 33.4 Å². The summed E-state index contributed by atoms with van der Waals surface area (Å²) < 4.78 is 30.7. The molecule has 242 valence electrons. The topological polar surface area (TPSA) is 93.6 Å². The molecule has 1 aliphatic heterocycles. The van der Waals surface area contributed by atoms with E-state index in [1.807, 2.05) is 24.3 Å². The minimum Gasteiger partial charge on any atom is -0.460 e. The van der Waals surface area contributed by atoms with Crippen LogP contribution in [0, 0.1) is 0 Å². The van der Waals surface area contributed by atoms with Gasteiger partial charge in [-0.15, -0.1) is 0 Å². The van der Waals surface area contributed by atoms with E-state index in [1.54, 1.807) is 0 Å².